The number of nitrogens with zero attached hydrogens (tertiary/aromatic N) is 2. The Kier molecular flexibility index (Phi) is 12.0. The van der Waals surface area contributed by atoms with Crippen LogP contribution in [0.15, 0.2) is 34.2 Å². The van der Waals surface area contributed by atoms with Gasteiger partial charge >= 0.3 is 0 Å². The molecule has 0 bridgehead atoms. The van der Waals surface area contributed by atoms with Crippen LogP contribution < -0.4 is 15.4 Å². The lowest BCUT2D eigenvalue weighted by atomic mass is 10.2. The van der Waals surface area contributed by atoms with Crippen molar-refractivity contribution >= 4 is 40.0 Å². The highest BCUT2D eigenvalue weighted by Gasteiger charge is 2.17. The molecule has 0 radical (unpaired) electrons. The fraction of sp³-hybridized carbons (Fsp3) is 0.632. The van der Waals surface area contributed by atoms with Gasteiger partial charge in [0.15, 0.2) is 5.96 Å². The maximum Gasteiger partial charge on any atom is 0.240 e. The zero-order chi connectivity index (χ0) is 20.4. The van der Waals surface area contributed by atoms with E-state index in [2.05, 4.69) is 32.2 Å². The second kappa shape index (κ2) is 13.4. The van der Waals surface area contributed by atoms with Crippen LogP contribution >= 0.6 is 24.0 Å². The smallest absolute Gasteiger partial charge is 0.240 e. The van der Waals surface area contributed by atoms with Gasteiger partial charge in [0.1, 0.15) is 0 Å². The summed E-state index contributed by atoms with van der Waals surface area (Å²) in [4.78, 5) is 7.27. The number of rotatable bonds is 9. The molecule has 0 amide bonds. The van der Waals surface area contributed by atoms with Crippen LogP contribution in [0.3, 0.4) is 0 Å². The van der Waals surface area contributed by atoms with Gasteiger partial charge in [-0.15, -0.1) is 24.0 Å². The summed E-state index contributed by atoms with van der Waals surface area (Å²) < 4.78 is 32.6. The van der Waals surface area contributed by atoms with Crippen molar-refractivity contribution in [3.63, 3.8) is 0 Å². The van der Waals surface area contributed by atoms with Crippen molar-refractivity contribution in [3.8, 4) is 0 Å². The fourth-order valence-corrected chi connectivity index (χ4v) is 3.90. The Bertz CT molecular complexity index is 722. The Morgan fingerprint density at radius 2 is 1.83 bits per heavy atom. The average molecular weight is 539 g/mol. The number of hydrogen-bond donors (Lipinski definition) is 3. The molecule has 1 heterocycles. The molecule has 3 N–H and O–H groups in total. The molecule has 1 aliphatic rings. The third-order valence-electron chi connectivity index (χ3n) is 4.57. The lowest BCUT2D eigenvalue weighted by molar-refractivity contribution is 0.0220. The third-order valence-corrected chi connectivity index (χ3v) is 6.04. The van der Waals surface area contributed by atoms with Gasteiger partial charge in [-0.2, -0.15) is 0 Å². The second-order valence-corrected chi connectivity index (χ2v) is 8.62. The van der Waals surface area contributed by atoms with Crippen LogP contribution in [0.4, 0.5) is 0 Å². The Morgan fingerprint density at radius 1 is 1.17 bits per heavy atom. The molecule has 10 heteroatoms. The number of benzene rings is 1. The Morgan fingerprint density at radius 3 is 2.45 bits per heavy atom. The standard InChI is InChI=1S/C19H33N5O3S.HI/c1-4-20-19(22-15-17(3)24-11-13-27-14-12-24)21-9-10-23-28(25,26)18-7-5-16(2)6-8-18;/h5-8,17,23H,4,9-15H2,1-3H3,(H2,20,21,22);1H. The predicted octanol–water partition coefficient (Wildman–Crippen LogP) is 1.17. The summed E-state index contributed by atoms with van der Waals surface area (Å²) in [6.45, 7) is 11.6. The van der Waals surface area contributed by atoms with Crippen LogP contribution in [-0.4, -0.2) is 77.8 Å². The summed E-state index contributed by atoms with van der Waals surface area (Å²) in [5.74, 6) is 0.692. The number of ether oxygens (including phenoxy) is 1. The molecular formula is C19H34IN5O3S. The topological polar surface area (TPSA) is 95.1 Å². The lowest BCUT2D eigenvalue weighted by Crippen LogP contribution is -2.45. The van der Waals surface area contributed by atoms with Gasteiger partial charge in [0.25, 0.3) is 0 Å². The molecule has 1 fully saturated rings. The molecule has 8 nitrogen and oxygen atoms in total. The number of morpholine rings is 1. The molecule has 1 aromatic carbocycles. The molecule has 0 aliphatic carbocycles. The van der Waals surface area contributed by atoms with Gasteiger partial charge in [-0.3, -0.25) is 9.89 Å². The van der Waals surface area contributed by atoms with Crippen molar-refractivity contribution in [3.05, 3.63) is 29.8 Å². The zero-order valence-electron chi connectivity index (χ0n) is 17.5. The highest BCUT2D eigenvalue weighted by atomic mass is 127. The normalized spacial score (nSPS) is 16.7. The summed E-state index contributed by atoms with van der Waals surface area (Å²) >= 11 is 0. The first-order chi connectivity index (χ1) is 13.4. The van der Waals surface area contributed by atoms with Crippen molar-refractivity contribution in [1.82, 2.24) is 20.3 Å². The van der Waals surface area contributed by atoms with E-state index < -0.39 is 10.0 Å². The van der Waals surface area contributed by atoms with Crippen LogP contribution in [0.2, 0.25) is 0 Å². The lowest BCUT2D eigenvalue weighted by Gasteiger charge is -2.31. The molecular weight excluding hydrogens is 505 g/mol. The zero-order valence-corrected chi connectivity index (χ0v) is 20.6. The summed E-state index contributed by atoms with van der Waals surface area (Å²) in [7, 11) is -3.50. The van der Waals surface area contributed by atoms with E-state index in [0.29, 0.717) is 25.1 Å². The van der Waals surface area contributed by atoms with E-state index in [1.54, 1.807) is 24.3 Å². The summed E-state index contributed by atoms with van der Waals surface area (Å²) in [5, 5.41) is 6.38. The summed E-state index contributed by atoms with van der Waals surface area (Å²) in [5.41, 5.74) is 1.03. The number of guanidine groups is 1. The number of aryl methyl sites for hydroxylation is 1. The highest BCUT2D eigenvalue weighted by Crippen LogP contribution is 2.09. The molecule has 1 saturated heterocycles. The maximum atomic E-state index is 12.3. The SMILES string of the molecule is CCNC(=NCC(C)N1CCOCC1)NCCNS(=O)(=O)c1ccc(C)cc1.I. The number of hydrogen-bond acceptors (Lipinski definition) is 5. The highest BCUT2D eigenvalue weighted by molar-refractivity contribution is 14.0. The van der Waals surface area contributed by atoms with Crippen molar-refractivity contribution in [2.45, 2.75) is 31.7 Å². The van der Waals surface area contributed by atoms with Crippen molar-refractivity contribution < 1.29 is 13.2 Å². The average Bonchev–Trinajstić information content (AvgIpc) is 2.70. The van der Waals surface area contributed by atoms with Crippen LogP contribution in [0, 0.1) is 6.92 Å². The van der Waals surface area contributed by atoms with Gasteiger partial charge in [0, 0.05) is 38.8 Å². The first-order valence-electron chi connectivity index (χ1n) is 9.82. The van der Waals surface area contributed by atoms with Gasteiger partial charge in [0.2, 0.25) is 10.0 Å². The predicted molar refractivity (Wildman–Crippen MR) is 128 cm³/mol. The largest absolute Gasteiger partial charge is 0.379 e. The van der Waals surface area contributed by atoms with E-state index in [1.165, 1.54) is 0 Å². The first-order valence-corrected chi connectivity index (χ1v) is 11.3. The van der Waals surface area contributed by atoms with E-state index in [4.69, 9.17) is 4.74 Å². The maximum absolute atomic E-state index is 12.3. The van der Waals surface area contributed by atoms with Gasteiger partial charge in [0.05, 0.1) is 24.7 Å². The van der Waals surface area contributed by atoms with Gasteiger partial charge in [-0.25, -0.2) is 13.1 Å². The number of halogens is 1. The molecule has 0 aromatic heterocycles. The first kappa shape index (κ1) is 26.1. The monoisotopic (exact) mass is 539 g/mol. The summed E-state index contributed by atoms with van der Waals surface area (Å²) in [6.07, 6.45) is 0. The van der Waals surface area contributed by atoms with Gasteiger partial charge < -0.3 is 15.4 Å². The molecule has 1 aromatic rings. The number of nitrogens with one attached hydrogen (secondary N) is 3. The van der Waals surface area contributed by atoms with Gasteiger partial charge in [-0.05, 0) is 32.9 Å². The molecule has 0 spiro atoms. The van der Waals surface area contributed by atoms with E-state index in [0.717, 1.165) is 38.4 Å². The fourth-order valence-electron chi connectivity index (χ4n) is 2.87. The van der Waals surface area contributed by atoms with Gasteiger partial charge in [-0.1, -0.05) is 17.7 Å². The Balaban J connectivity index is 0.00000420. The van der Waals surface area contributed by atoms with E-state index in [9.17, 15) is 8.42 Å². The van der Waals surface area contributed by atoms with Crippen molar-refractivity contribution in [2.75, 3.05) is 52.5 Å². The minimum absolute atomic E-state index is 0. The van der Waals surface area contributed by atoms with Crippen LogP contribution in [0.1, 0.15) is 19.4 Å². The van der Waals surface area contributed by atoms with Crippen LogP contribution in [0.5, 0.6) is 0 Å². The van der Waals surface area contributed by atoms with Crippen LogP contribution in [-0.2, 0) is 14.8 Å². The second-order valence-electron chi connectivity index (χ2n) is 6.85. The Labute approximate surface area is 191 Å². The molecule has 29 heavy (non-hydrogen) atoms. The quantitative estimate of drug-likeness (QED) is 0.189. The van der Waals surface area contributed by atoms with Crippen molar-refractivity contribution in [2.24, 2.45) is 4.99 Å². The molecule has 166 valence electrons. The Hall–Kier alpha value is -0.950. The molecule has 2 rings (SSSR count). The van der Waals surface area contributed by atoms with E-state index in [-0.39, 0.29) is 35.4 Å². The minimum atomic E-state index is -3.50. The van der Waals surface area contributed by atoms with E-state index >= 15 is 0 Å². The van der Waals surface area contributed by atoms with E-state index in [1.807, 2.05) is 13.8 Å². The molecule has 0 saturated carbocycles. The molecule has 1 aliphatic heterocycles. The van der Waals surface area contributed by atoms with Crippen LogP contribution in [0.25, 0.3) is 0 Å². The summed E-state index contributed by atoms with van der Waals surface area (Å²) in [6, 6.07) is 7.14. The molecule has 1 atom stereocenters. The number of sulfonamides is 1. The third kappa shape index (κ3) is 9.16. The molecule has 1 unspecified atom stereocenters. The minimum Gasteiger partial charge on any atom is -0.379 e. The van der Waals surface area contributed by atoms with Crippen molar-refractivity contribution in [1.29, 1.82) is 0 Å². The number of aliphatic imine (C=N–C) groups is 1.